The summed E-state index contributed by atoms with van der Waals surface area (Å²) in [7, 11) is 0. The highest BCUT2D eigenvalue weighted by molar-refractivity contribution is 8.00. The molecule has 0 saturated carbocycles. The van der Waals surface area contributed by atoms with Gasteiger partial charge in [0, 0.05) is 17.1 Å². The predicted molar refractivity (Wildman–Crippen MR) is 89.6 cm³/mol. The topological polar surface area (TPSA) is 85.8 Å². The van der Waals surface area contributed by atoms with Crippen LogP contribution in [0.5, 0.6) is 0 Å². The number of carbonyl (C=O) groups excluding carboxylic acids is 1. The first-order valence-electron chi connectivity index (χ1n) is 6.54. The van der Waals surface area contributed by atoms with Crippen molar-refractivity contribution in [2.75, 3.05) is 12.4 Å². The molecule has 0 bridgehead atoms. The number of carbonyl (C=O) groups is 1. The number of aromatic nitrogens is 3. The Labute approximate surface area is 142 Å². The minimum atomic E-state index is -0.333. The first kappa shape index (κ1) is 16.9. The summed E-state index contributed by atoms with van der Waals surface area (Å²) >= 11 is 13.3. The Hall–Kier alpha value is -1.44. The summed E-state index contributed by atoms with van der Waals surface area (Å²) < 4.78 is 1.31. The minimum Gasteiger partial charge on any atom is -0.355 e. The third kappa shape index (κ3) is 3.66. The molecule has 9 heteroatoms. The number of hydrogen-bond acceptors (Lipinski definition) is 5. The van der Waals surface area contributed by atoms with Crippen LogP contribution in [-0.2, 0) is 4.79 Å². The Morgan fingerprint density at radius 2 is 2.18 bits per heavy atom. The summed E-state index contributed by atoms with van der Waals surface area (Å²) in [6.45, 7) is 4.21. The maximum absolute atomic E-state index is 11.8. The van der Waals surface area contributed by atoms with Gasteiger partial charge in [0.1, 0.15) is 0 Å². The number of hydrogen-bond donors (Lipinski definition) is 2. The average Bonchev–Trinajstić information content (AvgIpc) is 2.81. The van der Waals surface area contributed by atoms with E-state index in [-0.39, 0.29) is 11.2 Å². The van der Waals surface area contributed by atoms with Gasteiger partial charge in [-0.1, -0.05) is 35.0 Å². The van der Waals surface area contributed by atoms with E-state index >= 15 is 0 Å². The highest BCUT2D eigenvalue weighted by Gasteiger charge is 2.20. The number of nitrogens with zero attached hydrogens (tertiary/aromatic N) is 3. The van der Waals surface area contributed by atoms with E-state index in [2.05, 4.69) is 15.5 Å². The van der Waals surface area contributed by atoms with Crippen molar-refractivity contribution in [2.24, 2.45) is 0 Å². The van der Waals surface area contributed by atoms with E-state index < -0.39 is 0 Å². The lowest BCUT2D eigenvalue weighted by Gasteiger charge is -2.10. The van der Waals surface area contributed by atoms with Crippen molar-refractivity contribution in [3.8, 4) is 11.4 Å². The molecule has 1 heterocycles. The second kappa shape index (κ2) is 7.21. The maximum atomic E-state index is 11.8. The van der Waals surface area contributed by atoms with E-state index in [4.69, 9.17) is 29.0 Å². The molecule has 0 aliphatic carbocycles. The zero-order valence-corrected chi connectivity index (χ0v) is 14.3. The molecule has 2 rings (SSSR count). The van der Waals surface area contributed by atoms with Crippen LogP contribution in [0, 0.1) is 0 Å². The number of benzene rings is 1. The maximum Gasteiger partial charge on any atom is 0.233 e. The fourth-order valence-electron chi connectivity index (χ4n) is 1.74. The van der Waals surface area contributed by atoms with E-state index in [0.717, 1.165) is 0 Å². The second-order valence-corrected chi connectivity index (χ2v) is 6.61. The number of rotatable bonds is 5. The Morgan fingerprint density at radius 3 is 2.82 bits per heavy atom. The molecule has 0 spiro atoms. The first-order chi connectivity index (χ1) is 10.4. The fourth-order valence-corrected chi connectivity index (χ4v) is 3.03. The number of thioether (sulfide) groups is 1. The first-order valence-corrected chi connectivity index (χ1v) is 8.17. The standard InChI is InChI=1S/C13H15Cl2N5OS/c1-3-17-12(21)7(2)22-13-19-18-11(20(13)16)9-5-4-8(14)6-10(9)15/h4-7H,3,16H2,1-2H3,(H,17,21)/t7-/m0/s1. The number of nitrogen functional groups attached to an aromatic ring is 1. The molecule has 1 amide bonds. The molecule has 1 aromatic carbocycles. The Balaban J connectivity index is 2.24. The Bertz CT molecular complexity index is 691. The monoisotopic (exact) mass is 359 g/mol. The normalized spacial score (nSPS) is 12.2. The van der Waals surface area contributed by atoms with Crippen LogP contribution in [0.4, 0.5) is 0 Å². The summed E-state index contributed by atoms with van der Waals surface area (Å²) in [5.74, 6) is 6.34. The van der Waals surface area contributed by atoms with Gasteiger partial charge in [0.2, 0.25) is 11.1 Å². The van der Waals surface area contributed by atoms with Crippen LogP contribution < -0.4 is 11.2 Å². The van der Waals surface area contributed by atoms with Gasteiger partial charge in [0.05, 0.1) is 10.3 Å². The summed E-state index contributed by atoms with van der Waals surface area (Å²) in [5.41, 5.74) is 0.624. The SMILES string of the molecule is CCNC(=O)[C@H](C)Sc1nnc(-c2ccc(Cl)cc2Cl)n1N. The Kier molecular flexibility index (Phi) is 5.55. The lowest BCUT2D eigenvalue weighted by molar-refractivity contribution is -0.120. The van der Waals surface area contributed by atoms with Gasteiger partial charge in [-0.25, -0.2) is 4.68 Å². The number of nitrogens with two attached hydrogens (primary N) is 1. The van der Waals surface area contributed by atoms with Gasteiger partial charge in [-0.2, -0.15) is 0 Å². The van der Waals surface area contributed by atoms with Crippen molar-refractivity contribution in [3.05, 3.63) is 28.2 Å². The van der Waals surface area contributed by atoms with E-state index in [1.807, 2.05) is 6.92 Å². The molecule has 0 fully saturated rings. The molecular formula is C13H15Cl2N5OS. The van der Waals surface area contributed by atoms with Crippen LogP contribution in [0.15, 0.2) is 23.4 Å². The van der Waals surface area contributed by atoms with Gasteiger partial charge in [-0.3, -0.25) is 4.79 Å². The lowest BCUT2D eigenvalue weighted by atomic mass is 10.2. The van der Waals surface area contributed by atoms with Crippen molar-refractivity contribution < 1.29 is 4.79 Å². The number of amides is 1. The zero-order chi connectivity index (χ0) is 16.3. The van der Waals surface area contributed by atoms with Crippen LogP contribution in [0.3, 0.4) is 0 Å². The Morgan fingerprint density at radius 1 is 1.45 bits per heavy atom. The summed E-state index contributed by atoms with van der Waals surface area (Å²) in [5, 5.41) is 11.9. The van der Waals surface area contributed by atoms with Gasteiger partial charge < -0.3 is 11.2 Å². The number of halogens is 2. The van der Waals surface area contributed by atoms with Gasteiger partial charge in [-0.05, 0) is 32.0 Å². The van der Waals surface area contributed by atoms with Crippen LogP contribution >= 0.6 is 35.0 Å². The second-order valence-electron chi connectivity index (χ2n) is 4.46. The van der Waals surface area contributed by atoms with Crippen molar-refractivity contribution in [1.29, 1.82) is 0 Å². The molecule has 0 unspecified atom stereocenters. The highest BCUT2D eigenvalue weighted by atomic mass is 35.5. The third-order valence-electron chi connectivity index (χ3n) is 2.84. The summed E-state index contributed by atoms with van der Waals surface area (Å²) in [6, 6.07) is 5.03. The fraction of sp³-hybridized carbons (Fsp3) is 0.308. The molecule has 0 aliphatic rings. The molecule has 2 aromatic rings. The van der Waals surface area contributed by atoms with Crippen molar-refractivity contribution in [3.63, 3.8) is 0 Å². The van der Waals surface area contributed by atoms with Gasteiger partial charge in [0.15, 0.2) is 5.82 Å². The van der Waals surface area contributed by atoms with Gasteiger partial charge in [0.25, 0.3) is 0 Å². The predicted octanol–water partition coefficient (Wildman–Crippen LogP) is 2.58. The van der Waals surface area contributed by atoms with Crippen LogP contribution in [0.1, 0.15) is 13.8 Å². The van der Waals surface area contributed by atoms with E-state index in [9.17, 15) is 4.79 Å². The molecule has 1 aromatic heterocycles. The van der Waals surface area contributed by atoms with Crippen molar-refractivity contribution in [1.82, 2.24) is 20.2 Å². The quantitative estimate of drug-likeness (QED) is 0.632. The van der Waals surface area contributed by atoms with E-state index in [0.29, 0.717) is 33.1 Å². The van der Waals surface area contributed by atoms with Crippen LogP contribution in [-0.4, -0.2) is 32.6 Å². The molecule has 1 atom stereocenters. The minimum absolute atomic E-state index is 0.0819. The van der Waals surface area contributed by atoms with Crippen molar-refractivity contribution in [2.45, 2.75) is 24.3 Å². The smallest absolute Gasteiger partial charge is 0.233 e. The summed E-state index contributed by atoms with van der Waals surface area (Å²) in [6.07, 6.45) is 0. The molecule has 0 radical (unpaired) electrons. The molecular weight excluding hydrogens is 345 g/mol. The average molecular weight is 360 g/mol. The third-order valence-corrected chi connectivity index (χ3v) is 4.44. The van der Waals surface area contributed by atoms with E-state index in [1.54, 1.807) is 25.1 Å². The summed E-state index contributed by atoms with van der Waals surface area (Å²) in [4.78, 5) is 11.8. The molecule has 3 N–H and O–H groups in total. The largest absolute Gasteiger partial charge is 0.355 e. The zero-order valence-electron chi connectivity index (χ0n) is 12.0. The highest BCUT2D eigenvalue weighted by Crippen LogP contribution is 2.30. The molecule has 0 saturated heterocycles. The van der Waals surface area contributed by atoms with Gasteiger partial charge in [-0.15, -0.1) is 10.2 Å². The lowest BCUT2D eigenvalue weighted by Crippen LogP contribution is -2.31. The number of nitrogens with one attached hydrogen (secondary N) is 1. The van der Waals surface area contributed by atoms with Crippen molar-refractivity contribution >= 4 is 40.9 Å². The van der Waals surface area contributed by atoms with Gasteiger partial charge >= 0.3 is 0 Å². The van der Waals surface area contributed by atoms with Crippen LogP contribution in [0.25, 0.3) is 11.4 Å². The molecule has 118 valence electrons. The molecule has 6 nitrogen and oxygen atoms in total. The molecule has 22 heavy (non-hydrogen) atoms. The van der Waals surface area contributed by atoms with Crippen LogP contribution in [0.2, 0.25) is 10.0 Å². The molecule has 0 aliphatic heterocycles. The van der Waals surface area contributed by atoms with E-state index in [1.165, 1.54) is 16.4 Å².